The predicted octanol–water partition coefficient (Wildman–Crippen LogP) is 4.73. The van der Waals surface area contributed by atoms with Gasteiger partial charge in [0.2, 0.25) is 0 Å². The highest BCUT2D eigenvalue weighted by molar-refractivity contribution is 14.0. The van der Waals surface area contributed by atoms with Gasteiger partial charge in [0.05, 0.1) is 13.1 Å². The molecule has 2 aromatic carbocycles. The zero-order valence-corrected chi connectivity index (χ0v) is 18.3. The molecule has 4 nitrogen and oxygen atoms in total. The Bertz CT molecular complexity index is 860. The Morgan fingerprint density at radius 3 is 2.62 bits per heavy atom. The minimum Gasteiger partial charge on any atom is -0.357 e. The van der Waals surface area contributed by atoms with Gasteiger partial charge < -0.3 is 10.6 Å². The van der Waals surface area contributed by atoms with E-state index in [0.717, 1.165) is 23.9 Å². The maximum Gasteiger partial charge on any atom is 0.191 e. The first kappa shape index (κ1) is 20.6. The average Bonchev–Trinajstić information content (AvgIpc) is 3.12. The van der Waals surface area contributed by atoms with E-state index in [1.807, 2.05) is 6.20 Å². The molecule has 0 aliphatic heterocycles. The van der Waals surface area contributed by atoms with E-state index in [4.69, 9.17) is 4.99 Å². The lowest BCUT2D eigenvalue weighted by Gasteiger charge is -2.10. The van der Waals surface area contributed by atoms with E-state index in [1.165, 1.54) is 21.2 Å². The van der Waals surface area contributed by atoms with Gasteiger partial charge >= 0.3 is 0 Å². The number of rotatable bonds is 6. The molecule has 0 spiro atoms. The molecule has 0 aliphatic rings. The Hall–Kier alpha value is -1.67. The van der Waals surface area contributed by atoms with Crippen LogP contribution >= 0.6 is 35.3 Å². The van der Waals surface area contributed by atoms with Gasteiger partial charge in [-0.1, -0.05) is 43.3 Å². The Morgan fingerprint density at radius 1 is 1.08 bits per heavy atom. The molecule has 0 saturated carbocycles. The van der Waals surface area contributed by atoms with Crippen molar-refractivity contribution in [1.82, 2.24) is 15.6 Å². The summed E-state index contributed by atoms with van der Waals surface area (Å²) in [7, 11) is 0. The van der Waals surface area contributed by atoms with Crippen molar-refractivity contribution in [2.75, 3.05) is 6.54 Å². The number of guanidine groups is 1. The summed E-state index contributed by atoms with van der Waals surface area (Å²) in [4.78, 5) is 10.5. The minimum absolute atomic E-state index is 0. The third-order valence-electron chi connectivity index (χ3n) is 3.93. The van der Waals surface area contributed by atoms with Crippen LogP contribution in [0.2, 0.25) is 0 Å². The van der Waals surface area contributed by atoms with E-state index < -0.39 is 0 Å². The number of hydrogen-bond acceptors (Lipinski definition) is 3. The number of benzene rings is 2. The van der Waals surface area contributed by atoms with Crippen LogP contribution in [-0.4, -0.2) is 17.5 Å². The first-order chi connectivity index (χ1) is 12.3. The van der Waals surface area contributed by atoms with Crippen LogP contribution in [0.25, 0.3) is 10.8 Å². The fourth-order valence-corrected chi connectivity index (χ4v) is 3.40. The second kappa shape index (κ2) is 10.5. The number of hydrogen-bond donors (Lipinski definition) is 2. The summed E-state index contributed by atoms with van der Waals surface area (Å²) in [5.74, 6) is 0.823. The van der Waals surface area contributed by atoms with Gasteiger partial charge in [0.25, 0.3) is 0 Å². The lowest BCUT2D eigenvalue weighted by molar-refractivity contribution is 0.811. The number of nitrogens with one attached hydrogen (secondary N) is 2. The van der Waals surface area contributed by atoms with E-state index in [9.17, 15) is 0 Å². The molecule has 6 heteroatoms. The van der Waals surface area contributed by atoms with Crippen LogP contribution < -0.4 is 10.6 Å². The molecule has 0 unspecified atom stereocenters. The van der Waals surface area contributed by atoms with E-state index in [0.29, 0.717) is 13.1 Å². The molecular weight excluding hydrogens is 455 g/mol. The standard InChI is InChI=1S/C20H24N4S.HI/c1-3-18-13-22-19(25-18)14-24-20(21-4-2)23-12-15-9-10-16-7-5-6-8-17(16)11-15;/h5-11,13H,3-4,12,14H2,1-2H3,(H2,21,23,24);1H. The maximum atomic E-state index is 4.70. The predicted molar refractivity (Wildman–Crippen MR) is 123 cm³/mol. The molecule has 0 radical (unpaired) electrons. The third kappa shape index (κ3) is 5.67. The number of thiazole rings is 1. The zero-order valence-electron chi connectivity index (χ0n) is 15.2. The normalized spacial score (nSPS) is 11.2. The molecule has 1 aromatic heterocycles. The molecule has 26 heavy (non-hydrogen) atoms. The van der Waals surface area contributed by atoms with Crippen LogP contribution in [0.1, 0.15) is 29.3 Å². The third-order valence-corrected chi connectivity index (χ3v) is 5.08. The largest absolute Gasteiger partial charge is 0.357 e. The monoisotopic (exact) mass is 480 g/mol. The molecular formula is C20H25IN4S. The zero-order chi connectivity index (χ0) is 17.5. The fourth-order valence-electron chi connectivity index (χ4n) is 2.60. The number of aliphatic imine (C=N–C) groups is 1. The SMILES string of the molecule is CCNC(=NCc1ccc2ccccc2c1)NCc1ncc(CC)s1.I. The topological polar surface area (TPSA) is 49.3 Å². The van der Waals surface area contributed by atoms with Crippen LogP contribution in [0.3, 0.4) is 0 Å². The van der Waals surface area contributed by atoms with Gasteiger partial charge in [0, 0.05) is 17.6 Å². The molecule has 0 bridgehead atoms. The molecule has 0 amide bonds. The molecule has 0 fully saturated rings. The summed E-state index contributed by atoms with van der Waals surface area (Å²) in [5.41, 5.74) is 1.21. The summed E-state index contributed by atoms with van der Waals surface area (Å²) in [6, 6.07) is 14.9. The Kier molecular flexibility index (Phi) is 8.31. The van der Waals surface area contributed by atoms with E-state index in [2.05, 4.69) is 71.9 Å². The van der Waals surface area contributed by atoms with Gasteiger partial charge in [-0.3, -0.25) is 0 Å². The van der Waals surface area contributed by atoms with Crippen molar-refractivity contribution >= 4 is 52.0 Å². The van der Waals surface area contributed by atoms with E-state index >= 15 is 0 Å². The average molecular weight is 480 g/mol. The number of halogens is 1. The van der Waals surface area contributed by atoms with Gasteiger partial charge in [-0.15, -0.1) is 35.3 Å². The Labute approximate surface area is 176 Å². The van der Waals surface area contributed by atoms with Gasteiger partial charge in [-0.05, 0) is 35.7 Å². The first-order valence-corrected chi connectivity index (χ1v) is 9.53. The van der Waals surface area contributed by atoms with Crippen molar-refractivity contribution in [3.05, 3.63) is 64.1 Å². The van der Waals surface area contributed by atoms with Crippen molar-refractivity contribution in [3.63, 3.8) is 0 Å². The second-order valence-corrected chi connectivity index (χ2v) is 7.00. The lowest BCUT2D eigenvalue weighted by atomic mass is 10.1. The summed E-state index contributed by atoms with van der Waals surface area (Å²) in [6.45, 7) is 6.42. The molecule has 0 atom stereocenters. The van der Waals surface area contributed by atoms with Crippen LogP contribution in [0.15, 0.2) is 53.7 Å². The molecule has 138 valence electrons. The van der Waals surface area contributed by atoms with Crippen molar-refractivity contribution < 1.29 is 0 Å². The Morgan fingerprint density at radius 2 is 1.88 bits per heavy atom. The van der Waals surface area contributed by atoms with Gasteiger partial charge in [0.15, 0.2) is 5.96 Å². The highest BCUT2D eigenvalue weighted by atomic mass is 127. The summed E-state index contributed by atoms with van der Waals surface area (Å²) in [5, 5.41) is 10.3. The minimum atomic E-state index is 0. The van der Waals surface area contributed by atoms with E-state index in [1.54, 1.807) is 11.3 Å². The quantitative estimate of drug-likeness (QED) is 0.305. The highest BCUT2D eigenvalue weighted by Crippen LogP contribution is 2.16. The van der Waals surface area contributed by atoms with Crippen LogP contribution in [0.5, 0.6) is 0 Å². The fraction of sp³-hybridized carbons (Fsp3) is 0.300. The first-order valence-electron chi connectivity index (χ1n) is 8.72. The summed E-state index contributed by atoms with van der Waals surface area (Å²) >= 11 is 1.75. The van der Waals surface area contributed by atoms with Crippen molar-refractivity contribution in [3.8, 4) is 0 Å². The lowest BCUT2D eigenvalue weighted by Crippen LogP contribution is -2.36. The molecule has 1 heterocycles. The highest BCUT2D eigenvalue weighted by Gasteiger charge is 2.03. The molecule has 2 N–H and O–H groups in total. The maximum absolute atomic E-state index is 4.70. The summed E-state index contributed by atoms with van der Waals surface area (Å²) in [6.07, 6.45) is 2.99. The van der Waals surface area contributed by atoms with Crippen molar-refractivity contribution in [2.45, 2.75) is 33.4 Å². The number of nitrogens with zero attached hydrogens (tertiary/aromatic N) is 2. The van der Waals surface area contributed by atoms with Crippen molar-refractivity contribution in [1.29, 1.82) is 0 Å². The molecule has 0 aliphatic carbocycles. The van der Waals surface area contributed by atoms with Crippen LogP contribution in [0, 0.1) is 0 Å². The van der Waals surface area contributed by atoms with Gasteiger partial charge in [0.1, 0.15) is 5.01 Å². The number of fused-ring (bicyclic) bond motifs is 1. The second-order valence-electron chi connectivity index (χ2n) is 5.80. The van der Waals surface area contributed by atoms with Crippen LogP contribution in [0.4, 0.5) is 0 Å². The van der Waals surface area contributed by atoms with Crippen LogP contribution in [-0.2, 0) is 19.5 Å². The Balaban J connectivity index is 0.00000243. The summed E-state index contributed by atoms with van der Waals surface area (Å²) < 4.78 is 0. The van der Waals surface area contributed by atoms with Crippen molar-refractivity contribution in [2.24, 2.45) is 4.99 Å². The number of aryl methyl sites for hydroxylation is 1. The smallest absolute Gasteiger partial charge is 0.191 e. The molecule has 3 aromatic rings. The van der Waals surface area contributed by atoms with E-state index in [-0.39, 0.29) is 24.0 Å². The van der Waals surface area contributed by atoms with Gasteiger partial charge in [-0.25, -0.2) is 9.98 Å². The molecule has 0 saturated heterocycles. The van der Waals surface area contributed by atoms with Gasteiger partial charge in [-0.2, -0.15) is 0 Å². The number of aromatic nitrogens is 1. The molecule has 3 rings (SSSR count).